The fraction of sp³-hybridized carbons (Fsp3) is 0. The van der Waals surface area contributed by atoms with Crippen LogP contribution >= 0.6 is 11.3 Å². The van der Waals surface area contributed by atoms with Crippen molar-refractivity contribution in [2.75, 3.05) is 0 Å². The summed E-state index contributed by atoms with van der Waals surface area (Å²) in [7, 11) is 0. The van der Waals surface area contributed by atoms with Crippen LogP contribution in [0.25, 0.3) is 4.83 Å². The van der Waals surface area contributed by atoms with Crippen LogP contribution in [0.5, 0.6) is 0 Å². The first kappa shape index (κ1) is 5.61. The summed E-state index contributed by atoms with van der Waals surface area (Å²) in [5.41, 5.74) is 0.492. The second-order valence-corrected chi connectivity index (χ2v) is 2.80. The average molecular weight is 152 g/mol. The number of carbonyl (C=O) groups is 1. The smallest absolute Gasteiger partial charge is 0.170 e. The maximum absolute atomic E-state index is 10.2. The largest absolute Gasteiger partial charge is 0.296 e. The van der Waals surface area contributed by atoms with Crippen LogP contribution in [0, 0.1) is 0 Å². The zero-order valence-corrected chi connectivity index (χ0v) is 5.84. The third kappa shape index (κ3) is 0.657. The maximum atomic E-state index is 10.2. The monoisotopic (exact) mass is 152 g/mol. The van der Waals surface area contributed by atoms with Crippen molar-refractivity contribution < 1.29 is 4.79 Å². The van der Waals surface area contributed by atoms with Gasteiger partial charge in [0.15, 0.2) is 6.29 Å². The highest BCUT2D eigenvalue weighted by Crippen LogP contribution is 2.10. The second kappa shape index (κ2) is 1.91. The molecule has 3 nitrogen and oxygen atoms in total. The molecule has 0 aliphatic heterocycles. The van der Waals surface area contributed by atoms with Crippen molar-refractivity contribution in [2.24, 2.45) is 0 Å². The Labute approximate surface area is 60.9 Å². The number of rotatable bonds is 1. The molecular formula is C6H4N2OS. The number of thiazole rings is 1. The predicted molar refractivity (Wildman–Crippen MR) is 38.5 cm³/mol. The van der Waals surface area contributed by atoms with Gasteiger partial charge in [-0.3, -0.25) is 4.79 Å². The number of aldehydes is 1. The van der Waals surface area contributed by atoms with Gasteiger partial charge < -0.3 is 0 Å². The van der Waals surface area contributed by atoms with Crippen molar-refractivity contribution in [3.05, 3.63) is 23.3 Å². The van der Waals surface area contributed by atoms with Crippen LogP contribution in [-0.2, 0) is 0 Å². The molecule has 10 heavy (non-hydrogen) atoms. The Morgan fingerprint density at radius 1 is 1.70 bits per heavy atom. The van der Waals surface area contributed by atoms with E-state index in [1.54, 1.807) is 21.9 Å². The fourth-order valence-corrected chi connectivity index (χ4v) is 1.52. The first-order valence-corrected chi connectivity index (χ1v) is 3.66. The summed E-state index contributed by atoms with van der Waals surface area (Å²) in [6.07, 6.45) is 2.58. The minimum atomic E-state index is 0.492. The summed E-state index contributed by atoms with van der Waals surface area (Å²) < 4.78 is 1.69. The minimum Gasteiger partial charge on any atom is -0.296 e. The van der Waals surface area contributed by atoms with Crippen molar-refractivity contribution in [3.63, 3.8) is 0 Å². The molecule has 0 aliphatic rings. The number of fused-ring (bicyclic) bond motifs is 1. The van der Waals surface area contributed by atoms with E-state index < -0.39 is 0 Å². The normalized spacial score (nSPS) is 10.4. The lowest BCUT2D eigenvalue weighted by Gasteiger charge is -1.74. The van der Waals surface area contributed by atoms with Crippen LogP contribution in [0.2, 0.25) is 0 Å². The van der Waals surface area contributed by atoms with E-state index in [4.69, 9.17) is 0 Å². The molecule has 2 aromatic rings. The quantitative estimate of drug-likeness (QED) is 0.575. The van der Waals surface area contributed by atoms with E-state index in [9.17, 15) is 4.79 Å². The highest BCUT2D eigenvalue weighted by molar-refractivity contribution is 7.15. The molecule has 2 rings (SSSR count). The van der Waals surface area contributed by atoms with Crippen LogP contribution in [0.15, 0.2) is 17.6 Å². The number of carbonyl (C=O) groups excluding carboxylic acids is 1. The lowest BCUT2D eigenvalue weighted by molar-refractivity contribution is 0.111. The van der Waals surface area contributed by atoms with E-state index in [-0.39, 0.29) is 0 Å². The van der Waals surface area contributed by atoms with Crippen molar-refractivity contribution >= 4 is 22.5 Å². The van der Waals surface area contributed by atoms with Gasteiger partial charge in [0.1, 0.15) is 10.5 Å². The number of nitrogens with zero attached hydrogens (tertiary/aromatic N) is 2. The van der Waals surface area contributed by atoms with Gasteiger partial charge in [0, 0.05) is 17.6 Å². The van der Waals surface area contributed by atoms with Gasteiger partial charge in [0.05, 0.1) is 0 Å². The highest BCUT2D eigenvalue weighted by Gasteiger charge is 1.98. The molecule has 0 bridgehead atoms. The molecule has 0 aliphatic carbocycles. The summed E-state index contributed by atoms with van der Waals surface area (Å²) >= 11 is 1.57. The molecule has 0 aromatic carbocycles. The molecule has 2 aromatic heterocycles. The molecule has 0 N–H and O–H groups in total. The third-order valence-corrected chi connectivity index (χ3v) is 2.04. The molecule has 0 atom stereocenters. The van der Waals surface area contributed by atoms with Gasteiger partial charge in [-0.25, -0.2) is 4.52 Å². The Bertz CT molecular complexity index is 334. The van der Waals surface area contributed by atoms with E-state index in [1.165, 1.54) is 0 Å². The summed E-state index contributed by atoms with van der Waals surface area (Å²) in [5.74, 6) is 0. The second-order valence-electron chi connectivity index (χ2n) is 1.87. The van der Waals surface area contributed by atoms with Crippen molar-refractivity contribution in [3.8, 4) is 0 Å². The molecule has 0 saturated heterocycles. The zero-order chi connectivity index (χ0) is 6.97. The maximum Gasteiger partial charge on any atom is 0.170 e. The topological polar surface area (TPSA) is 34.4 Å². The zero-order valence-electron chi connectivity index (χ0n) is 5.02. The highest BCUT2D eigenvalue weighted by atomic mass is 32.1. The Balaban J connectivity index is 2.78. The Morgan fingerprint density at radius 2 is 2.60 bits per heavy atom. The van der Waals surface area contributed by atoms with Gasteiger partial charge >= 0.3 is 0 Å². The molecule has 0 amide bonds. The molecular weight excluding hydrogens is 148 g/mol. The SMILES string of the molecule is O=Cc1cc2sccn2n1. The standard InChI is InChI=1S/C6H4N2OS/c9-4-5-3-6-8(7-5)1-2-10-6/h1-4H. The minimum absolute atomic E-state index is 0.492. The van der Waals surface area contributed by atoms with Gasteiger partial charge in [0.2, 0.25) is 0 Å². The van der Waals surface area contributed by atoms with Crippen LogP contribution in [0.3, 0.4) is 0 Å². The Kier molecular flexibility index (Phi) is 1.07. The molecule has 0 fully saturated rings. The van der Waals surface area contributed by atoms with Crippen LogP contribution in [0.4, 0.5) is 0 Å². The summed E-state index contributed by atoms with van der Waals surface area (Å²) in [5, 5.41) is 5.88. The van der Waals surface area contributed by atoms with E-state index in [2.05, 4.69) is 5.10 Å². The summed E-state index contributed by atoms with van der Waals surface area (Å²) in [4.78, 5) is 11.2. The summed E-state index contributed by atoms with van der Waals surface area (Å²) in [6.45, 7) is 0. The van der Waals surface area contributed by atoms with Crippen LogP contribution in [-0.4, -0.2) is 15.9 Å². The van der Waals surface area contributed by atoms with Gasteiger partial charge in [-0.2, -0.15) is 5.10 Å². The van der Waals surface area contributed by atoms with E-state index in [0.29, 0.717) is 5.69 Å². The van der Waals surface area contributed by atoms with Crippen LogP contribution in [0.1, 0.15) is 10.5 Å². The van der Waals surface area contributed by atoms with E-state index in [0.717, 1.165) is 11.1 Å². The first-order chi connectivity index (χ1) is 4.90. The van der Waals surface area contributed by atoms with E-state index in [1.807, 2.05) is 11.6 Å². The molecule has 0 unspecified atom stereocenters. The fourth-order valence-electron chi connectivity index (χ4n) is 0.805. The van der Waals surface area contributed by atoms with Gasteiger partial charge in [-0.05, 0) is 0 Å². The number of hydrogen-bond acceptors (Lipinski definition) is 3. The van der Waals surface area contributed by atoms with Gasteiger partial charge in [-0.15, -0.1) is 11.3 Å². The van der Waals surface area contributed by atoms with Crippen molar-refractivity contribution in [1.82, 2.24) is 9.61 Å². The average Bonchev–Trinajstić information content (AvgIpc) is 2.42. The molecule has 4 heteroatoms. The van der Waals surface area contributed by atoms with E-state index >= 15 is 0 Å². The molecule has 50 valence electrons. The molecule has 2 heterocycles. The molecule has 0 saturated carbocycles. The molecule has 0 radical (unpaired) electrons. The number of hydrogen-bond donors (Lipinski definition) is 0. The van der Waals surface area contributed by atoms with Crippen molar-refractivity contribution in [2.45, 2.75) is 0 Å². The Hall–Kier alpha value is -1.16. The van der Waals surface area contributed by atoms with Gasteiger partial charge in [0.25, 0.3) is 0 Å². The number of aromatic nitrogens is 2. The third-order valence-electron chi connectivity index (χ3n) is 1.23. The van der Waals surface area contributed by atoms with Gasteiger partial charge in [-0.1, -0.05) is 0 Å². The summed E-state index contributed by atoms with van der Waals surface area (Å²) in [6, 6.07) is 1.76. The van der Waals surface area contributed by atoms with Crippen molar-refractivity contribution in [1.29, 1.82) is 0 Å². The molecule has 0 spiro atoms. The first-order valence-electron chi connectivity index (χ1n) is 2.78. The lowest BCUT2D eigenvalue weighted by Crippen LogP contribution is -1.82. The predicted octanol–water partition coefficient (Wildman–Crippen LogP) is 1.21. The van der Waals surface area contributed by atoms with Crippen LogP contribution < -0.4 is 0 Å². The Morgan fingerprint density at radius 3 is 3.30 bits per heavy atom. The lowest BCUT2D eigenvalue weighted by atomic mass is 10.5.